The summed E-state index contributed by atoms with van der Waals surface area (Å²) in [6.45, 7) is 6.08. The molecule has 0 bridgehead atoms. The smallest absolute Gasteiger partial charge is 0.248 e. The highest BCUT2D eigenvalue weighted by molar-refractivity contribution is 5.99. The summed E-state index contributed by atoms with van der Waals surface area (Å²) in [5, 5.41) is 12.9. The molecule has 2 fully saturated rings. The number of benzene rings is 1. The number of nitrogens with zero attached hydrogens (tertiary/aromatic N) is 4. The lowest BCUT2D eigenvalue weighted by Gasteiger charge is -2.41. The number of nitriles is 1. The van der Waals surface area contributed by atoms with Crippen molar-refractivity contribution in [2.24, 2.45) is 0 Å². The Morgan fingerprint density at radius 1 is 1.28 bits per heavy atom. The first-order valence-electron chi connectivity index (χ1n) is 12.5. The van der Waals surface area contributed by atoms with Gasteiger partial charge in [-0.2, -0.15) is 5.26 Å². The molecule has 8 nitrogen and oxygen atoms in total. The van der Waals surface area contributed by atoms with Gasteiger partial charge in [0.2, 0.25) is 11.8 Å². The fourth-order valence-corrected chi connectivity index (χ4v) is 4.69. The normalized spacial score (nSPS) is 17.8. The van der Waals surface area contributed by atoms with E-state index in [9.17, 15) is 14.9 Å². The maximum Gasteiger partial charge on any atom is 0.248 e. The summed E-state index contributed by atoms with van der Waals surface area (Å²) >= 11 is 0. The lowest BCUT2D eigenvalue weighted by Crippen LogP contribution is -2.54. The molecule has 1 saturated heterocycles. The number of anilines is 2. The summed E-state index contributed by atoms with van der Waals surface area (Å²) in [4.78, 5) is 33.7. The van der Waals surface area contributed by atoms with Gasteiger partial charge in [0.25, 0.3) is 0 Å². The maximum atomic E-state index is 12.5. The van der Waals surface area contributed by atoms with E-state index in [0.29, 0.717) is 55.6 Å². The number of allylic oxidation sites excluding steroid dienone is 1. The van der Waals surface area contributed by atoms with E-state index >= 15 is 0 Å². The van der Waals surface area contributed by atoms with Crippen molar-refractivity contribution in [1.82, 2.24) is 9.88 Å². The molecular weight excluding hydrogens is 454 g/mol. The number of aromatic nitrogens is 1. The topological polar surface area (TPSA) is 98.6 Å². The predicted octanol–water partition coefficient (Wildman–Crippen LogP) is 4.09. The molecule has 36 heavy (non-hydrogen) atoms. The van der Waals surface area contributed by atoms with E-state index in [1.807, 2.05) is 42.2 Å². The van der Waals surface area contributed by atoms with E-state index in [1.54, 1.807) is 20.1 Å². The van der Waals surface area contributed by atoms with Gasteiger partial charge >= 0.3 is 0 Å². The maximum absolute atomic E-state index is 12.5. The minimum atomic E-state index is -0.183. The molecule has 4 rings (SSSR count). The Hall–Kier alpha value is -3.70. The van der Waals surface area contributed by atoms with Crippen molar-refractivity contribution in [3.8, 4) is 17.2 Å². The highest BCUT2D eigenvalue weighted by Gasteiger charge is 2.33. The van der Waals surface area contributed by atoms with Crippen LogP contribution in [0.25, 0.3) is 11.1 Å². The molecule has 2 aliphatic rings. The van der Waals surface area contributed by atoms with Gasteiger partial charge in [0.1, 0.15) is 11.9 Å². The lowest BCUT2D eigenvalue weighted by atomic mass is 9.98. The van der Waals surface area contributed by atoms with Crippen LogP contribution in [0.2, 0.25) is 0 Å². The van der Waals surface area contributed by atoms with Crippen LogP contribution < -0.4 is 10.2 Å². The fraction of sp³-hybridized carbons (Fsp3) is 0.429. The van der Waals surface area contributed by atoms with Crippen LogP contribution in [0, 0.1) is 11.3 Å². The lowest BCUT2D eigenvalue weighted by molar-refractivity contribution is -0.134. The zero-order chi connectivity index (χ0) is 25.7. The van der Waals surface area contributed by atoms with Crippen LogP contribution in [0.15, 0.2) is 42.5 Å². The number of pyridine rings is 1. The van der Waals surface area contributed by atoms with E-state index in [1.165, 1.54) is 6.08 Å². The summed E-state index contributed by atoms with van der Waals surface area (Å²) in [5.74, 6) is 0.962. The van der Waals surface area contributed by atoms with Gasteiger partial charge < -0.3 is 19.9 Å². The molecule has 2 heterocycles. The van der Waals surface area contributed by atoms with Crippen molar-refractivity contribution in [3.63, 3.8) is 0 Å². The number of ether oxygens (including phenoxy) is 1. The number of amides is 2. The van der Waals surface area contributed by atoms with Crippen molar-refractivity contribution in [2.75, 3.05) is 43.6 Å². The van der Waals surface area contributed by atoms with Crippen molar-refractivity contribution in [1.29, 1.82) is 5.26 Å². The SMILES string of the molecule is CC=CC(=O)Nc1cccc(-c2cc(C#N)c(N3CCN(C(=O)CCOC)C(C)C3)nc2C2CC2)c1. The summed E-state index contributed by atoms with van der Waals surface area (Å²) in [6.07, 6.45) is 5.69. The van der Waals surface area contributed by atoms with Crippen molar-refractivity contribution in [2.45, 2.75) is 45.1 Å². The van der Waals surface area contributed by atoms with Crippen LogP contribution in [0.3, 0.4) is 0 Å². The van der Waals surface area contributed by atoms with E-state index in [2.05, 4.69) is 16.3 Å². The summed E-state index contributed by atoms with van der Waals surface area (Å²) in [5.41, 5.74) is 4.06. The molecule has 1 aromatic carbocycles. The highest BCUT2D eigenvalue weighted by atomic mass is 16.5. The Morgan fingerprint density at radius 2 is 2.08 bits per heavy atom. The summed E-state index contributed by atoms with van der Waals surface area (Å²) in [6, 6.07) is 12.0. The number of carbonyl (C=O) groups excluding carboxylic acids is 2. The Morgan fingerprint density at radius 3 is 2.75 bits per heavy atom. The molecule has 188 valence electrons. The highest BCUT2D eigenvalue weighted by Crippen LogP contribution is 2.45. The average molecular weight is 488 g/mol. The van der Waals surface area contributed by atoms with Gasteiger partial charge in [-0.3, -0.25) is 9.59 Å². The number of hydrogen-bond acceptors (Lipinski definition) is 6. The molecule has 1 atom stereocenters. The van der Waals surface area contributed by atoms with Gasteiger partial charge in [0, 0.05) is 50.0 Å². The van der Waals surface area contributed by atoms with Crippen LogP contribution in [-0.4, -0.2) is 61.1 Å². The molecule has 0 spiro atoms. The van der Waals surface area contributed by atoms with E-state index in [-0.39, 0.29) is 17.9 Å². The molecule has 1 aliphatic heterocycles. The second-order valence-corrected chi connectivity index (χ2v) is 9.37. The van der Waals surface area contributed by atoms with Gasteiger partial charge in [0.15, 0.2) is 0 Å². The molecule has 1 aromatic heterocycles. The molecule has 2 amide bonds. The van der Waals surface area contributed by atoms with E-state index in [4.69, 9.17) is 9.72 Å². The molecular formula is C28H33N5O3. The van der Waals surface area contributed by atoms with Gasteiger partial charge in [-0.15, -0.1) is 0 Å². The predicted molar refractivity (Wildman–Crippen MR) is 140 cm³/mol. The Labute approximate surface area is 212 Å². The largest absolute Gasteiger partial charge is 0.384 e. The molecule has 1 saturated carbocycles. The minimum absolute atomic E-state index is 0.0120. The Bertz CT molecular complexity index is 1200. The van der Waals surface area contributed by atoms with Gasteiger partial charge in [-0.25, -0.2) is 4.98 Å². The van der Waals surface area contributed by atoms with Crippen molar-refractivity contribution < 1.29 is 14.3 Å². The van der Waals surface area contributed by atoms with Crippen LogP contribution in [0.1, 0.15) is 50.3 Å². The number of carbonyl (C=O) groups is 2. The average Bonchev–Trinajstić information content (AvgIpc) is 3.72. The summed E-state index contributed by atoms with van der Waals surface area (Å²) < 4.78 is 5.06. The Kier molecular flexibility index (Phi) is 8.01. The zero-order valence-electron chi connectivity index (χ0n) is 21.2. The third-order valence-corrected chi connectivity index (χ3v) is 6.64. The molecule has 2 aromatic rings. The first-order valence-corrected chi connectivity index (χ1v) is 12.5. The number of hydrogen-bond donors (Lipinski definition) is 1. The second-order valence-electron chi connectivity index (χ2n) is 9.37. The van der Waals surface area contributed by atoms with E-state index in [0.717, 1.165) is 29.7 Å². The van der Waals surface area contributed by atoms with Crippen LogP contribution in [0.4, 0.5) is 11.5 Å². The fourth-order valence-electron chi connectivity index (χ4n) is 4.69. The third kappa shape index (κ3) is 5.74. The van der Waals surface area contributed by atoms with Crippen LogP contribution in [-0.2, 0) is 14.3 Å². The number of rotatable bonds is 8. The quantitative estimate of drug-likeness (QED) is 0.563. The number of piperazine rings is 1. The third-order valence-electron chi connectivity index (χ3n) is 6.64. The van der Waals surface area contributed by atoms with Gasteiger partial charge in [0.05, 0.1) is 24.3 Å². The standard InChI is InChI=1S/C28H33N5O3/c1-4-6-25(34)30-23-8-5-7-21(15-23)24-16-22(17-29)28(31-27(24)20-9-10-20)32-12-13-33(19(2)18-32)26(35)11-14-36-3/h4-8,15-16,19-20H,9-14,18H2,1-3H3,(H,30,34). The van der Waals surface area contributed by atoms with Crippen LogP contribution in [0.5, 0.6) is 0 Å². The van der Waals surface area contributed by atoms with Crippen molar-refractivity contribution in [3.05, 3.63) is 53.7 Å². The number of methoxy groups -OCH3 is 1. The molecule has 1 aliphatic carbocycles. The first kappa shape index (κ1) is 25.4. The second kappa shape index (κ2) is 11.4. The van der Waals surface area contributed by atoms with Gasteiger partial charge in [-0.1, -0.05) is 18.2 Å². The van der Waals surface area contributed by atoms with Crippen LogP contribution >= 0.6 is 0 Å². The van der Waals surface area contributed by atoms with Gasteiger partial charge in [-0.05, 0) is 56.5 Å². The first-order chi connectivity index (χ1) is 17.4. The Balaban J connectivity index is 1.62. The molecule has 1 N–H and O–H groups in total. The van der Waals surface area contributed by atoms with Crippen molar-refractivity contribution >= 4 is 23.3 Å². The molecule has 8 heteroatoms. The van der Waals surface area contributed by atoms with E-state index < -0.39 is 0 Å². The molecule has 0 radical (unpaired) electrons. The molecule has 1 unspecified atom stereocenters. The summed E-state index contributed by atoms with van der Waals surface area (Å²) in [7, 11) is 1.60. The minimum Gasteiger partial charge on any atom is -0.384 e. The number of nitrogens with one attached hydrogen (secondary N) is 1. The monoisotopic (exact) mass is 487 g/mol. The zero-order valence-corrected chi connectivity index (χ0v) is 21.2.